The second-order valence-electron chi connectivity index (χ2n) is 7.24. The van der Waals surface area contributed by atoms with Gasteiger partial charge in [0.1, 0.15) is 0 Å². The lowest BCUT2D eigenvalue weighted by molar-refractivity contribution is 0.101. The summed E-state index contributed by atoms with van der Waals surface area (Å²) in [4.78, 5) is 18.0. The molecule has 0 aliphatic heterocycles. The maximum atomic E-state index is 11.6. The van der Waals surface area contributed by atoms with Gasteiger partial charge in [0.25, 0.3) is 0 Å². The minimum atomic E-state index is -0.00730. The number of nitrogens with zero attached hydrogens (tertiary/aromatic N) is 2. The van der Waals surface area contributed by atoms with Gasteiger partial charge in [0, 0.05) is 50.7 Å². The Morgan fingerprint density at radius 3 is 2.66 bits per heavy atom. The molecule has 0 aliphatic rings. The van der Waals surface area contributed by atoms with E-state index in [0.717, 1.165) is 34.1 Å². The molecular formula is C25H23ClN2O3S. The fourth-order valence-electron chi connectivity index (χ4n) is 3.52. The first kappa shape index (κ1) is 22.1. The second-order valence-corrected chi connectivity index (χ2v) is 8.59. The van der Waals surface area contributed by atoms with Crippen molar-refractivity contribution in [3.05, 3.63) is 76.9 Å². The number of hydrogen-bond donors (Lipinski definition) is 0. The average molecular weight is 467 g/mol. The van der Waals surface area contributed by atoms with E-state index in [1.54, 1.807) is 49.0 Å². The Labute approximate surface area is 196 Å². The first-order chi connectivity index (χ1) is 15.6. The van der Waals surface area contributed by atoms with Crippen LogP contribution in [-0.2, 0) is 0 Å². The lowest BCUT2D eigenvalue weighted by Crippen LogP contribution is -2.20. The Bertz CT molecular complexity index is 1230. The topological polar surface area (TPSA) is 51.7 Å². The number of anilines is 2. The number of pyridine rings is 1. The standard InChI is InChI=1S/C25H23ClN2O3S/c1-17(29)18-4-7-23(24(14-18)30-2)31-13-3-12-28(20-8-10-27-11-9-20)22-16-32-25-15-19(26)5-6-21(22)25/h4-11,14-16H,3,12-13H2,1-2H3. The third-order valence-electron chi connectivity index (χ3n) is 5.14. The van der Waals surface area contributed by atoms with Crippen LogP contribution in [0.2, 0.25) is 5.02 Å². The summed E-state index contributed by atoms with van der Waals surface area (Å²) in [5.41, 5.74) is 2.80. The summed E-state index contributed by atoms with van der Waals surface area (Å²) in [5, 5.41) is 4.06. The second kappa shape index (κ2) is 10.0. The normalized spacial score (nSPS) is 10.8. The number of carbonyl (C=O) groups is 1. The number of benzene rings is 2. The van der Waals surface area contributed by atoms with Crippen LogP contribution in [0.1, 0.15) is 23.7 Å². The van der Waals surface area contributed by atoms with Crippen molar-refractivity contribution < 1.29 is 14.3 Å². The van der Waals surface area contributed by atoms with Crippen molar-refractivity contribution in [1.82, 2.24) is 4.98 Å². The van der Waals surface area contributed by atoms with Gasteiger partial charge in [-0.05, 0) is 61.9 Å². The molecule has 0 fully saturated rings. The maximum Gasteiger partial charge on any atom is 0.161 e. The zero-order valence-corrected chi connectivity index (χ0v) is 19.4. The summed E-state index contributed by atoms with van der Waals surface area (Å²) in [6.45, 7) is 2.79. The highest BCUT2D eigenvalue weighted by Gasteiger charge is 2.15. The molecule has 2 aromatic heterocycles. The molecule has 0 aliphatic carbocycles. The van der Waals surface area contributed by atoms with Gasteiger partial charge in [-0.25, -0.2) is 0 Å². The van der Waals surface area contributed by atoms with Gasteiger partial charge in [0.2, 0.25) is 0 Å². The molecule has 2 aromatic carbocycles. The number of halogens is 1. The molecule has 5 nitrogen and oxygen atoms in total. The van der Waals surface area contributed by atoms with Crippen LogP contribution in [0.25, 0.3) is 10.1 Å². The number of ketones is 1. The van der Waals surface area contributed by atoms with Crippen LogP contribution in [-0.4, -0.2) is 31.0 Å². The zero-order valence-electron chi connectivity index (χ0n) is 17.9. The number of aromatic nitrogens is 1. The summed E-state index contributed by atoms with van der Waals surface area (Å²) in [7, 11) is 1.57. The predicted octanol–water partition coefficient (Wildman–Crippen LogP) is 6.77. The fourth-order valence-corrected chi connectivity index (χ4v) is 4.74. The summed E-state index contributed by atoms with van der Waals surface area (Å²) >= 11 is 7.85. The molecule has 0 saturated carbocycles. The largest absolute Gasteiger partial charge is 0.493 e. The predicted molar refractivity (Wildman–Crippen MR) is 131 cm³/mol. The number of hydrogen-bond acceptors (Lipinski definition) is 6. The van der Waals surface area contributed by atoms with E-state index in [1.165, 1.54) is 12.3 Å². The van der Waals surface area contributed by atoms with Crippen molar-refractivity contribution >= 4 is 50.2 Å². The number of fused-ring (bicyclic) bond motifs is 1. The van der Waals surface area contributed by atoms with E-state index in [4.69, 9.17) is 21.1 Å². The minimum Gasteiger partial charge on any atom is -0.493 e. The van der Waals surface area contributed by atoms with Crippen molar-refractivity contribution in [2.45, 2.75) is 13.3 Å². The van der Waals surface area contributed by atoms with Gasteiger partial charge in [-0.2, -0.15) is 0 Å². The quantitative estimate of drug-likeness (QED) is 0.201. The molecule has 164 valence electrons. The van der Waals surface area contributed by atoms with Crippen LogP contribution < -0.4 is 14.4 Å². The molecule has 0 spiro atoms. The van der Waals surface area contributed by atoms with E-state index in [0.29, 0.717) is 23.7 Å². The van der Waals surface area contributed by atoms with Gasteiger partial charge in [-0.15, -0.1) is 11.3 Å². The Morgan fingerprint density at radius 1 is 1.09 bits per heavy atom. The summed E-state index contributed by atoms with van der Waals surface area (Å²) in [6.07, 6.45) is 4.38. The molecule has 4 aromatic rings. The van der Waals surface area contributed by atoms with Gasteiger partial charge >= 0.3 is 0 Å². The number of carbonyl (C=O) groups excluding carboxylic acids is 1. The molecule has 0 saturated heterocycles. The number of methoxy groups -OCH3 is 1. The van der Waals surface area contributed by atoms with E-state index >= 15 is 0 Å². The SMILES string of the molecule is COc1cc(C(C)=O)ccc1OCCCN(c1ccncc1)c1csc2cc(Cl)ccc12. The van der Waals surface area contributed by atoms with Gasteiger partial charge in [0.05, 0.1) is 19.4 Å². The van der Waals surface area contributed by atoms with Gasteiger partial charge < -0.3 is 14.4 Å². The summed E-state index contributed by atoms with van der Waals surface area (Å²) in [5.74, 6) is 1.18. The maximum absolute atomic E-state index is 11.6. The molecule has 0 amide bonds. The number of ether oxygens (including phenoxy) is 2. The fraction of sp³-hybridized carbons (Fsp3) is 0.200. The van der Waals surface area contributed by atoms with Crippen molar-refractivity contribution in [3.8, 4) is 11.5 Å². The Morgan fingerprint density at radius 2 is 1.91 bits per heavy atom. The van der Waals surface area contributed by atoms with Crippen LogP contribution >= 0.6 is 22.9 Å². The van der Waals surface area contributed by atoms with Crippen molar-refractivity contribution in [2.24, 2.45) is 0 Å². The Hall–Kier alpha value is -3.09. The van der Waals surface area contributed by atoms with Crippen LogP contribution in [0.4, 0.5) is 11.4 Å². The van der Waals surface area contributed by atoms with Crippen LogP contribution in [0.15, 0.2) is 66.3 Å². The molecule has 2 heterocycles. The zero-order chi connectivity index (χ0) is 22.5. The number of Topliss-reactive ketones (excluding diaryl/α,β-unsaturated/α-hetero) is 1. The molecule has 7 heteroatoms. The number of thiophene rings is 1. The minimum absolute atomic E-state index is 0.00730. The molecule has 4 rings (SSSR count). The van der Waals surface area contributed by atoms with E-state index in [1.807, 2.05) is 24.3 Å². The monoisotopic (exact) mass is 466 g/mol. The summed E-state index contributed by atoms with van der Waals surface area (Å²) in [6, 6.07) is 15.2. The van der Waals surface area contributed by atoms with Crippen LogP contribution in [0.5, 0.6) is 11.5 Å². The molecule has 0 bridgehead atoms. The molecule has 0 N–H and O–H groups in total. The van der Waals surface area contributed by atoms with Crippen LogP contribution in [0, 0.1) is 0 Å². The smallest absolute Gasteiger partial charge is 0.161 e. The van der Waals surface area contributed by atoms with Crippen molar-refractivity contribution in [3.63, 3.8) is 0 Å². The highest BCUT2D eigenvalue weighted by atomic mass is 35.5. The third kappa shape index (κ3) is 4.87. The lowest BCUT2D eigenvalue weighted by atomic mass is 10.1. The average Bonchev–Trinajstić information content (AvgIpc) is 3.22. The number of rotatable bonds is 9. The van der Waals surface area contributed by atoms with E-state index in [-0.39, 0.29) is 5.78 Å². The van der Waals surface area contributed by atoms with Gasteiger partial charge in [0.15, 0.2) is 17.3 Å². The van der Waals surface area contributed by atoms with Crippen LogP contribution in [0.3, 0.4) is 0 Å². The van der Waals surface area contributed by atoms with Gasteiger partial charge in [-0.3, -0.25) is 9.78 Å². The molecule has 32 heavy (non-hydrogen) atoms. The van der Waals surface area contributed by atoms with E-state index in [9.17, 15) is 4.79 Å². The highest BCUT2D eigenvalue weighted by Crippen LogP contribution is 2.38. The lowest BCUT2D eigenvalue weighted by Gasteiger charge is -2.24. The Balaban J connectivity index is 1.50. The molecule has 0 atom stereocenters. The van der Waals surface area contributed by atoms with Crippen molar-refractivity contribution in [2.75, 3.05) is 25.2 Å². The highest BCUT2D eigenvalue weighted by molar-refractivity contribution is 7.17. The van der Waals surface area contributed by atoms with E-state index in [2.05, 4.69) is 21.3 Å². The van der Waals surface area contributed by atoms with E-state index < -0.39 is 0 Å². The Kier molecular flexibility index (Phi) is 6.93. The molecular weight excluding hydrogens is 444 g/mol. The van der Waals surface area contributed by atoms with Crippen molar-refractivity contribution in [1.29, 1.82) is 0 Å². The van der Waals surface area contributed by atoms with Gasteiger partial charge in [-0.1, -0.05) is 11.6 Å². The first-order valence-corrected chi connectivity index (χ1v) is 11.5. The molecule has 0 radical (unpaired) electrons. The third-order valence-corrected chi connectivity index (χ3v) is 6.30. The molecule has 0 unspecified atom stereocenters. The summed E-state index contributed by atoms with van der Waals surface area (Å²) < 4.78 is 12.5. The first-order valence-electron chi connectivity index (χ1n) is 10.2.